The fourth-order valence-corrected chi connectivity index (χ4v) is 2.57. The summed E-state index contributed by atoms with van der Waals surface area (Å²) in [5, 5.41) is 10.5. The van der Waals surface area contributed by atoms with Crippen LogP contribution in [0.5, 0.6) is 11.5 Å². The molecule has 0 saturated carbocycles. The van der Waals surface area contributed by atoms with Gasteiger partial charge in [0.25, 0.3) is 5.91 Å². The Kier molecular flexibility index (Phi) is 4.88. The van der Waals surface area contributed by atoms with Crippen LogP contribution in [-0.2, 0) is 4.74 Å². The molecule has 6 heteroatoms. The molecule has 0 bridgehead atoms. The molecule has 2 atom stereocenters. The van der Waals surface area contributed by atoms with Crippen molar-refractivity contribution in [2.75, 3.05) is 25.6 Å². The summed E-state index contributed by atoms with van der Waals surface area (Å²) < 4.78 is 10.6. The van der Waals surface area contributed by atoms with Crippen molar-refractivity contribution in [1.29, 1.82) is 0 Å². The highest BCUT2D eigenvalue weighted by Crippen LogP contribution is 2.27. The largest absolute Gasteiger partial charge is 0.504 e. The Morgan fingerprint density at radius 1 is 1.60 bits per heavy atom. The molecule has 1 aliphatic rings. The first-order valence-corrected chi connectivity index (χ1v) is 7.54. The SMILES string of the molecule is COc1ccc(C(=O)N2CC(CBr)OCC2C)cc1O. The number of alkyl halides is 1. The number of phenolic OH excluding ortho intramolecular Hbond substituents is 1. The average Bonchev–Trinajstić information content (AvgIpc) is 2.47. The van der Waals surface area contributed by atoms with Crippen molar-refractivity contribution >= 4 is 21.8 Å². The number of methoxy groups -OCH3 is 1. The summed E-state index contributed by atoms with van der Waals surface area (Å²) in [7, 11) is 1.47. The number of amides is 1. The smallest absolute Gasteiger partial charge is 0.254 e. The number of hydrogen-bond donors (Lipinski definition) is 1. The molecular formula is C14H18BrNO4. The van der Waals surface area contributed by atoms with Crippen LogP contribution in [0.3, 0.4) is 0 Å². The minimum absolute atomic E-state index is 0.00185. The zero-order chi connectivity index (χ0) is 14.7. The minimum Gasteiger partial charge on any atom is -0.504 e. The van der Waals surface area contributed by atoms with Crippen molar-refractivity contribution in [1.82, 2.24) is 4.90 Å². The van der Waals surface area contributed by atoms with Crippen LogP contribution in [0.2, 0.25) is 0 Å². The third-order valence-corrected chi connectivity index (χ3v) is 4.09. The van der Waals surface area contributed by atoms with E-state index in [-0.39, 0.29) is 23.8 Å². The molecule has 1 amide bonds. The molecule has 1 heterocycles. The molecule has 0 spiro atoms. The number of halogens is 1. The molecule has 1 aromatic rings. The highest BCUT2D eigenvalue weighted by atomic mass is 79.9. The van der Waals surface area contributed by atoms with E-state index in [1.54, 1.807) is 17.0 Å². The van der Waals surface area contributed by atoms with Gasteiger partial charge in [0.1, 0.15) is 0 Å². The van der Waals surface area contributed by atoms with Gasteiger partial charge in [-0.25, -0.2) is 0 Å². The molecule has 2 rings (SSSR count). The molecule has 0 aliphatic carbocycles. The van der Waals surface area contributed by atoms with Gasteiger partial charge in [-0.2, -0.15) is 0 Å². The molecule has 20 heavy (non-hydrogen) atoms. The number of hydrogen-bond acceptors (Lipinski definition) is 4. The van der Waals surface area contributed by atoms with Gasteiger partial charge in [0.05, 0.1) is 25.9 Å². The summed E-state index contributed by atoms with van der Waals surface area (Å²) >= 11 is 3.37. The van der Waals surface area contributed by atoms with Gasteiger partial charge in [0.2, 0.25) is 0 Å². The Bertz CT molecular complexity index is 494. The third kappa shape index (κ3) is 3.07. The molecule has 0 aromatic heterocycles. The molecule has 1 N–H and O–H groups in total. The first kappa shape index (κ1) is 15.1. The summed E-state index contributed by atoms with van der Waals surface area (Å²) in [5.41, 5.74) is 0.449. The summed E-state index contributed by atoms with van der Waals surface area (Å²) in [6.07, 6.45) is 0.00185. The van der Waals surface area contributed by atoms with E-state index in [1.807, 2.05) is 6.92 Å². The lowest BCUT2D eigenvalue weighted by Gasteiger charge is -2.37. The number of ether oxygens (including phenoxy) is 2. The predicted octanol–water partition coefficient (Wildman–Crippen LogP) is 2.03. The van der Waals surface area contributed by atoms with Gasteiger partial charge >= 0.3 is 0 Å². The number of phenols is 1. The quantitative estimate of drug-likeness (QED) is 0.853. The van der Waals surface area contributed by atoms with Crippen LogP contribution < -0.4 is 4.74 Å². The average molecular weight is 344 g/mol. The third-order valence-electron chi connectivity index (χ3n) is 3.36. The zero-order valence-electron chi connectivity index (χ0n) is 11.5. The van der Waals surface area contributed by atoms with Crippen LogP contribution in [0, 0.1) is 0 Å². The fraction of sp³-hybridized carbons (Fsp3) is 0.500. The summed E-state index contributed by atoms with van der Waals surface area (Å²) in [5.74, 6) is 0.218. The van der Waals surface area contributed by atoms with Crippen molar-refractivity contribution in [3.05, 3.63) is 23.8 Å². The van der Waals surface area contributed by atoms with Crippen molar-refractivity contribution in [2.45, 2.75) is 19.1 Å². The monoisotopic (exact) mass is 343 g/mol. The second-order valence-electron chi connectivity index (χ2n) is 4.80. The van der Waals surface area contributed by atoms with Crippen LogP contribution in [-0.4, -0.2) is 53.7 Å². The van der Waals surface area contributed by atoms with Crippen molar-refractivity contribution in [3.8, 4) is 11.5 Å². The number of benzene rings is 1. The van der Waals surface area contributed by atoms with E-state index in [9.17, 15) is 9.90 Å². The lowest BCUT2D eigenvalue weighted by atomic mass is 10.1. The number of nitrogens with zero attached hydrogens (tertiary/aromatic N) is 1. The van der Waals surface area contributed by atoms with Crippen LogP contribution >= 0.6 is 15.9 Å². The highest BCUT2D eigenvalue weighted by molar-refractivity contribution is 9.09. The maximum atomic E-state index is 12.5. The number of rotatable bonds is 3. The lowest BCUT2D eigenvalue weighted by Crippen LogP contribution is -2.51. The van der Waals surface area contributed by atoms with Crippen LogP contribution in [0.1, 0.15) is 17.3 Å². The second-order valence-corrected chi connectivity index (χ2v) is 5.45. The van der Waals surface area contributed by atoms with Crippen LogP contribution in [0.25, 0.3) is 0 Å². The van der Waals surface area contributed by atoms with Crippen molar-refractivity contribution in [2.24, 2.45) is 0 Å². The van der Waals surface area contributed by atoms with Crippen molar-refractivity contribution < 1.29 is 19.4 Å². The molecule has 0 radical (unpaired) electrons. The standard InChI is InChI=1S/C14H18BrNO4/c1-9-8-20-11(6-15)7-16(9)14(18)10-3-4-13(19-2)12(17)5-10/h3-5,9,11,17H,6-8H2,1-2H3. The second kappa shape index (κ2) is 6.45. The molecule has 5 nitrogen and oxygen atoms in total. The first-order valence-electron chi connectivity index (χ1n) is 6.42. The van der Waals surface area contributed by atoms with Gasteiger partial charge in [-0.1, -0.05) is 15.9 Å². The van der Waals surface area contributed by atoms with Gasteiger partial charge < -0.3 is 19.5 Å². The Balaban J connectivity index is 2.19. The van der Waals surface area contributed by atoms with E-state index in [0.717, 1.165) is 0 Å². The van der Waals surface area contributed by atoms with Gasteiger partial charge in [-0.05, 0) is 25.1 Å². The summed E-state index contributed by atoms with van der Waals surface area (Å²) in [6, 6.07) is 4.70. The summed E-state index contributed by atoms with van der Waals surface area (Å²) in [6.45, 7) is 3.01. The van der Waals surface area contributed by atoms with Crippen LogP contribution in [0.4, 0.5) is 0 Å². The zero-order valence-corrected chi connectivity index (χ0v) is 13.1. The molecule has 1 saturated heterocycles. The molecule has 110 valence electrons. The maximum Gasteiger partial charge on any atom is 0.254 e. The Morgan fingerprint density at radius 3 is 2.95 bits per heavy atom. The highest BCUT2D eigenvalue weighted by Gasteiger charge is 2.30. The molecule has 1 aliphatic heterocycles. The van der Waals surface area contributed by atoms with Gasteiger partial charge in [-0.15, -0.1) is 0 Å². The fourth-order valence-electron chi connectivity index (χ4n) is 2.18. The Hall–Kier alpha value is -1.27. The maximum absolute atomic E-state index is 12.5. The predicted molar refractivity (Wildman–Crippen MR) is 78.7 cm³/mol. The summed E-state index contributed by atoms with van der Waals surface area (Å²) in [4.78, 5) is 14.3. The first-order chi connectivity index (χ1) is 9.56. The Labute approximate surface area is 126 Å². The van der Waals surface area contributed by atoms with Gasteiger partial charge in [0.15, 0.2) is 11.5 Å². The van der Waals surface area contributed by atoms with Crippen LogP contribution in [0.15, 0.2) is 18.2 Å². The lowest BCUT2D eigenvalue weighted by molar-refractivity contribution is -0.0361. The van der Waals surface area contributed by atoms with Gasteiger partial charge in [0, 0.05) is 17.4 Å². The number of morpholine rings is 1. The van der Waals surface area contributed by atoms with E-state index in [2.05, 4.69) is 15.9 Å². The molecular weight excluding hydrogens is 326 g/mol. The topological polar surface area (TPSA) is 59.0 Å². The normalized spacial score (nSPS) is 22.6. The van der Waals surface area contributed by atoms with Gasteiger partial charge in [-0.3, -0.25) is 4.79 Å². The van der Waals surface area contributed by atoms with E-state index in [4.69, 9.17) is 9.47 Å². The number of aromatic hydroxyl groups is 1. The van der Waals surface area contributed by atoms with E-state index in [0.29, 0.717) is 29.8 Å². The number of carbonyl (C=O) groups excluding carboxylic acids is 1. The Morgan fingerprint density at radius 2 is 2.35 bits per heavy atom. The molecule has 1 aromatic carbocycles. The van der Waals surface area contributed by atoms with E-state index < -0.39 is 0 Å². The number of carbonyl (C=O) groups is 1. The van der Waals surface area contributed by atoms with E-state index in [1.165, 1.54) is 13.2 Å². The minimum atomic E-state index is -0.107. The molecule has 2 unspecified atom stereocenters. The van der Waals surface area contributed by atoms with E-state index >= 15 is 0 Å². The molecule has 1 fully saturated rings. The van der Waals surface area contributed by atoms with Crippen molar-refractivity contribution in [3.63, 3.8) is 0 Å².